The molecule has 0 saturated carbocycles. The van der Waals surface area contributed by atoms with Crippen molar-refractivity contribution in [1.82, 2.24) is 0 Å². The van der Waals surface area contributed by atoms with Crippen LogP contribution in [0.25, 0.3) is 0 Å². The smallest absolute Gasteiger partial charge is 0.335 e. The third-order valence-electron chi connectivity index (χ3n) is 2.24. The predicted octanol–water partition coefficient (Wildman–Crippen LogP) is 2.66. The zero-order chi connectivity index (χ0) is 13.8. The Bertz CT molecular complexity index is 426. The maximum atomic E-state index is 11.5. The molecule has 1 rings (SSSR count). The molecule has 1 N–H and O–H groups in total. The summed E-state index contributed by atoms with van der Waals surface area (Å²) in [5.41, 5.74) is 0.700. The first kappa shape index (κ1) is 14.2. The Hall–Kier alpha value is -1.84. The van der Waals surface area contributed by atoms with Crippen molar-refractivity contribution in [1.29, 1.82) is 0 Å². The van der Waals surface area contributed by atoms with Gasteiger partial charge in [0.2, 0.25) is 0 Å². The largest absolute Gasteiger partial charge is 0.478 e. The molecule has 0 atom stereocenters. The Balaban J connectivity index is 2.49. The molecule has 0 bridgehead atoms. The topological polar surface area (TPSA) is 63.6 Å². The lowest BCUT2D eigenvalue weighted by atomic mass is 10.1. The van der Waals surface area contributed by atoms with E-state index in [9.17, 15) is 9.59 Å². The van der Waals surface area contributed by atoms with Gasteiger partial charge in [-0.15, -0.1) is 0 Å². The van der Waals surface area contributed by atoms with Crippen molar-refractivity contribution in [3.05, 3.63) is 35.4 Å². The van der Waals surface area contributed by atoms with Gasteiger partial charge in [0.1, 0.15) is 5.60 Å². The summed E-state index contributed by atoms with van der Waals surface area (Å²) in [4.78, 5) is 22.2. The molecule has 0 heterocycles. The SMILES string of the molecule is CC(C)(C)OC(=O)CCc1ccc(C(=O)O)cc1. The summed E-state index contributed by atoms with van der Waals surface area (Å²) >= 11 is 0. The number of hydrogen-bond donors (Lipinski definition) is 1. The highest BCUT2D eigenvalue weighted by atomic mass is 16.6. The number of carbonyl (C=O) groups is 2. The van der Waals surface area contributed by atoms with E-state index in [0.29, 0.717) is 12.8 Å². The van der Waals surface area contributed by atoms with Crippen molar-refractivity contribution in [2.45, 2.75) is 39.2 Å². The highest BCUT2D eigenvalue weighted by Crippen LogP contribution is 2.11. The molecule has 4 nitrogen and oxygen atoms in total. The Labute approximate surface area is 107 Å². The van der Waals surface area contributed by atoms with E-state index in [1.807, 2.05) is 20.8 Å². The van der Waals surface area contributed by atoms with Crippen LogP contribution in [0.3, 0.4) is 0 Å². The van der Waals surface area contributed by atoms with Crippen molar-refractivity contribution in [3.63, 3.8) is 0 Å². The van der Waals surface area contributed by atoms with Gasteiger partial charge in [-0.1, -0.05) is 12.1 Å². The maximum Gasteiger partial charge on any atom is 0.335 e. The molecule has 0 aromatic heterocycles. The van der Waals surface area contributed by atoms with Gasteiger partial charge >= 0.3 is 11.9 Å². The summed E-state index contributed by atoms with van der Waals surface area (Å²) in [6.07, 6.45) is 0.846. The predicted molar refractivity (Wildman–Crippen MR) is 67.6 cm³/mol. The molecular formula is C14H18O4. The molecule has 0 radical (unpaired) electrons. The fraction of sp³-hybridized carbons (Fsp3) is 0.429. The first-order chi connectivity index (χ1) is 8.28. The number of rotatable bonds is 4. The fourth-order valence-corrected chi connectivity index (χ4v) is 1.45. The van der Waals surface area contributed by atoms with E-state index in [1.165, 1.54) is 12.1 Å². The minimum absolute atomic E-state index is 0.246. The summed E-state index contributed by atoms with van der Waals surface area (Å²) in [5.74, 6) is -1.20. The minimum Gasteiger partial charge on any atom is -0.478 e. The second-order valence-electron chi connectivity index (χ2n) is 5.09. The molecular weight excluding hydrogens is 232 g/mol. The van der Waals surface area contributed by atoms with Gasteiger partial charge in [-0.3, -0.25) is 4.79 Å². The second kappa shape index (κ2) is 5.67. The van der Waals surface area contributed by atoms with E-state index in [4.69, 9.17) is 9.84 Å². The number of benzene rings is 1. The Morgan fingerprint density at radius 2 is 1.72 bits per heavy atom. The van der Waals surface area contributed by atoms with Crippen LogP contribution >= 0.6 is 0 Å². The summed E-state index contributed by atoms with van der Waals surface area (Å²) in [6.45, 7) is 5.48. The second-order valence-corrected chi connectivity index (χ2v) is 5.09. The van der Waals surface area contributed by atoms with Crippen molar-refractivity contribution < 1.29 is 19.4 Å². The quantitative estimate of drug-likeness (QED) is 0.834. The van der Waals surface area contributed by atoms with Gasteiger partial charge in [0.25, 0.3) is 0 Å². The molecule has 0 aliphatic rings. The van der Waals surface area contributed by atoms with Crippen LogP contribution in [0, 0.1) is 0 Å². The standard InChI is InChI=1S/C14H18O4/c1-14(2,3)18-12(15)9-6-10-4-7-11(8-5-10)13(16)17/h4-5,7-8H,6,9H2,1-3H3,(H,16,17). The van der Waals surface area contributed by atoms with E-state index in [-0.39, 0.29) is 11.5 Å². The summed E-state index contributed by atoms with van der Waals surface area (Å²) < 4.78 is 5.19. The van der Waals surface area contributed by atoms with Gasteiger partial charge < -0.3 is 9.84 Å². The average Bonchev–Trinajstić information content (AvgIpc) is 2.24. The summed E-state index contributed by atoms with van der Waals surface area (Å²) in [7, 11) is 0. The highest BCUT2D eigenvalue weighted by molar-refractivity contribution is 5.87. The number of carbonyl (C=O) groups excluding carboxylic acids is 1. The molecule has 0 aliphatic heterocycles. The van der Waals surface area contributed by atoms with Crippen molar-refractivity contribution >= 4 is 11.9 Å². The molecule has 18 heavy (non-hydrogen) atoms. The lowest BCUT2D eigenvalue weighted by Crippen LogP contribution is -2.24. The van der Waals surface area contributed by atoms with Gasteiger partial charge in [-0.25, -0.2) is 4.79 Å². The molecule has 98 valence electrons. The van der Waals surface area contributed by atoms with E-state index in [1.54, 1.807) is 12.1 Å². The third kappa shape index (κ3) is 4.99. The van der Waals surface area contributed by atoms with E-state index >= 15 is 0 Å². The normalized spacial score (nSPS) is 11.1. The lowest BCUT2D eigenvalue weighted by molar-refractivity contribution is -0.154. The number of aryl methyl sites for hydroxylation is 1. The average molecular weight is 250 g/mol. The van der Waals surface area contributed by atoms with Crippen LogP contribution in [0.1, 0.15) is 43.1 Å². The van der Waals surface area contributed by atoms with E-state index in [0.717, 1.165) is 5.56 Å². The molecule has 0 unspecified atom stereocenters. The molecule has 0 spiro atoms. The maximum absolute atomic E-state index is 11.5. The summed E-state index contributed by atoms with van der Waals surface area (Å²) in [5, 5.41) is 8.75. The Morgan fingerprint density at radius 1 is 1.17 bits per heavy atom. The number of carboxylic acid groups (broad SMARTS) is 1. The lowest BCUT2D eigenvalue weighted by Gasteiger charge is -2.19. The Morgan fingerprint density at radius 3 is 2.17 bits per heavy atom. The van der Waals surface area contributed by atoms with Crippen LogP contribution in [0.15, 0.2) is 24.3 Å². The van der Waals surface area contributed by atoms with Gasteiger partial charge in [0.15, 0.2) is 0 Å². The molecule has 0 aliphatic carbocycles. The van der Waals surface area contributed by atoms with Crippen LogP contribution in [0.2, 0.25) is 0 Å². The number of carboxylic acids is 1. The molecule has 0 saturated heterocycles. The fourth-order valence-electron chi connectivity index (χ4n) is 1.45. The van der Waals surface area contributed by atoms with E-state index in [2.05, 4.69) is 0 Å². The number of aromatic carboxylic acids is 1. The molecule has 0 fully saturated rings. The first-order valence-electron chi connectivity index (χ1n) is 5.82. The number of hydrogen-bond acceptors (Lipinski definition) is 3. The highest BCUT2D eigenvalue weighted by Gasteiger charge is 2.15. The number of ether oxygens (including phenoxy) is 1. The minimum atomic E-state index is -0.950. The van der Waals surface area contributed by atoms with Crippen molar-refractivity contribution in [2.24, 2.45) is 0 Å². The van der Waals surface area contributed by atoms with Gasteiger partial charge in [-0.2, -0.15) is 0 Å². The van der Waals surface area contributed by atoms with Crippen LogP contribution in [-0.4, -0.2) is 22.6 Å². The number of esters is 1. The van der Waals surface area contributed by atoms with Crippen LogP contribution < -0.4 is 0 Å². The van der Waals surface area contributed by atoms with Crippen molar-refractivity contribution in [2.75, 3.05) is 0 Å². The molecule has 0 amide bonds. The Kier molecular flexibility index (Phi) is 4.48. The molecule has 1 aromatic rings. The van der Waals surface area contributed by atoms with Crippen LogP contribution in [0.5, 0.6) is 0 Å². The zero-order valence-corrected chi connectivity index (χ0v) is 10.9. The first-order valence-corrected chi connectivity index (χ1v) is 5.82. The monoisotopic (exact) mass is 250 g/mol. The van der Waals surface area contributed by atoms with Crippen molar-refractivity contribution in [3.8, 4) is 0 Å². The third-order valence-corrected chi connectivity index (χ3v) is 2.24. The molecule has 4 heteroatoms. The van der Waals surface area contributed by atoms with Crippen LogP contribution in [-0.2, 0) is 16.0 Å². The summed E-state index contributed by atoms with van der Waals surface area (Å²) in [6, 6.07) is 6.50. The molecule has 1 aromatic carbocycles. The van der Waals surface area contributed by atoms with Gasteiger partial charge in [0.05, 0.1) is 5.56 Å². The van der Waals surface area contributed by atoms with Gasteiger partial charge in [0, 0.05) is 6.42 Å². The van der Waals surface area contributed by atoms with Gasteiger partial charge in [-0.05, 0) is 44.9 Å². The van der Waals surface area contributed by atoms with E-state index < -0.39 is 11.6 Å². The zero-order valence-electron chi connectivity index (χ0n) is 10.9. The van der Waals surface area contributed by atoms with Crippen LogP contribution in [0.4, 0.5) is 0 Å².